The first kappa shape index (κ1) is 10.9. The molecule has 0 radical (unpaired) electrons. The van der Waals surface area contributed by atoms with Crippen molar-refractivity contribution in [1.29, 1.82) is 0 Å². The number of halogens is 4. The van der Waals surface area contributed by atoms with Crippen molar-refractivity contribution in [3.63, 3.8) is 0 Å². The van der Waals surface area contributed by atoms with Crippen LogP contribution < -0.4 is 0 Å². The van der Waals surface area contributed by atoms with E-state index in [1.165, 1.54) is 0 Å². The highest BCUT2D eigenvalue weighted by Gasteiger charge is 2.40. The molecule has 0 fully saturated rings. The molecule has 0 aliphatic rings. The van der Waals surface area contributed by atoms with Gasteiger partial charge in [-0.1, -0.05) is 0 Å². The molecule has 0 spiro atoms. The Morgan fingerprint density at radius 2 is 2.07 bits per heavy atom. The fraction of sp³-hybridized carbons (Fsp3) is 0.167. The van der Waals surface area contributed by atoms with Crippen LogP contribution in [0.5, 0.6) is 0 Å². The summed E-state index contributed by atoms with van der Waals surface area (Å²) in [4.78, 5) is 12.1. The number of alkyl halides is 3. The molecule has 1 aromatic heterocycles. The van der Waals surface area contributed by atoms with Crippen LogP contribution in [0.25, 0.3) is 0 Å². The van der Waals surface area contributed by atoms with E-state index in [1.807, 2.05) is 0 Å². The Kier molecular flexibility index (Phi) is 2.74. The number of rotatable bonds is 1. The van der Waals surface area contributed by atoms with Crippen molar-refractivity contribution in [1.82, 2.24) is 4.98 Å². The number of hydrogen-bond donors (Lipinski definition) is 0. The van der Waals surface area contributed by atoms with Gasteiger partial charge in [0.1, 0.15) is 0 Å². The average molecular weight is 271 g/mol. The predicted molar refractivity (Wildman–Crippen MR) is 43.6 cm³/mol. The van der Waals surface area contributed by atoms with E-state index in [4.69, 9.17) is 0 Å². The second kappa shape index (κ2) is 3.52. The third kappa shape index (κ3) is 2.19. The largest absolute Gasteiger partial charge is 0.440 e. The molecule has 0 bridgehead atoms. The highest BCUT2D eigenvalue weighted by molar-refractivity contribution is 9.10. The van der Waals surface area contributed by atoms with Gasteiger partial charge in [-0.2, -0.15) is 13.2 Å². The summed E-state index contributed by atoms with van der Waals surface area (Å²) < 4.78 is 36.6. The number of hydrogen-bond acceptors (Lipinski definition) is 3. The summed E-state index contributed by atoms with van der Waals surface area (Å²) in [5, 5.41) is 10.3. The number of nitro groups is 1. The van der Waals surface area contributed by atoms with Crippen LogP contribution in [0.4, 0.5) is 18.9 Å². The van der Waals surface area contributed by atoms with Gasteiger partial charge in [-0.15, -0.1) is 0 Å². The van der Waals surface area contributed by atoms with Crippen LogP contribution in [-0.4, -0.2) is 9.91 Å². The molecule has 1 rings (SSSR count). The second-order valence-electron chi connectivity index (χ2n) is 2.28. The lowest BCUT2D eigenvalue weighted by molar-refractivity contribution is -0.388. The minimum absolute atomic E-state index is 0.122. The normalized spacial score (nSPS) is 11.4. The zero-order valence-electron chi connectivity index (χ0n) is 6.38. The first-order chi connectivity index (χ1) is 6.32. The standard InChI is InChI=1S/C6H2BrF3N2O2/c7-3-1-4(12(13)14)5(11-2-3)6(8,9)10/h1-2H. The van der Waals surface area contributed by atoms with Crippen LogP contribution in [-0.2, 0) is 6.18 Å². The number of nitrogens with zero attached hydrogens (tertiary/aromatic N) is 2. The molecule has 0 atom stereocenters. The average Bonchev–Trinajstić information content (AvgIpc) is 2.01. The monoisotopic (exact) mass is 270 g/mol. The molecule has 14 heavy (non-hydrogen) atoms. The van der Waals surface area contributed by atoms with Crippen LogP contribution in [0.1, 0.15) is 5.69 Å². The van der Waals surface area contributed by atoms with Gasteiger partial charge >= 0.3 is 11.9 Å². The van der Waals surface area contributed by atoms with Crippen molar-refractivity contribution in [3.8, 4) is 0 Å². The molecule has 1 aromatic rings. The molecule has 0 N–H and O–H groups in total. The fourth-order valence-electron chi connectivity index (χ4n) is 0.786. The van der Waals surface area contributed by atoms with Crippen LogP contribution in [0.15, 0.2) is 16.7 Å². The van der Waals surface area contributed by atoms with E-state index in [0.29, 0.717) is 0 Å². The molecule has 1 heterocycles. The minimum atomic E-state index is -4.82. The summed E-state index contributed by atoms with van der Waals surface area (Å²) >= 11 is 2.80. The first-order valence-corrected chi connectivity index (χ1v) is 3.99. The SMILES string of the molecule is O=[N+]([O-])c1cc(Br)cnc1C(F)(F)F. The summed E-state index contributed by atoms with van der Waals surface area (Å²) in [5.74, 6) is 0. The molecule has 4 nitrogen and oxygen atoms in total. The van der Waals surface area contributed by atoms with Crippen LogP contribution in [0.3, 0.4) is 0 Å². The highest BCUT2D eigenvalue weighted by atomic mass is 79.9. The van der Waals surface area contributed by atoms with Crippen molar-refractivity contribution in [2.45, 2.75) is 6.18 Å². The van der Waals surface area contributed by atoms with E-state index >= 15 is 0 Å². The van der Waals surface area contributed by atoms with Gasteiger partial charge in [-0.3, -0.25) is 10.1 Å². The quantitative estimate of drug-likeness (QED) is 0.582. The van der Waals surface area contributed by atoms with Gasteiger partial charge in [0.05, 0.1) is 4.92 Å². The van der Waals surface area contributed by atoms with E-state index in [2.05, 4.69) is 20.9 Å². The molecule has 0 saturated carbocycles. The van der Waals surface area contributed by atoms with Gasteiger partial charge in [-0.25, -0.2) is 4.98 Å². The Balaban J connectivity index is 3.37. The molecule has 0 aliphatic heterocycles. The summed E-state index contributed by atoms with van der Waals surface area (Å²) in [5.41, 5.74) is -2.56. The first-order valence-electron chi connectivity index (χ1n) is 3.19. The van der Waals surface area contributed by atoms with Gasteiger partial charge in [0.2, 0.25) is 5.69 Å². The van der Waals surface area contributed by atoms with Crippen molar-refractivity contribution >= 4 is 21.6 Å². The Morgan fingerprint density at radius 1 is 1.50 bits per heavy atom. The van der Waals surface area contributed by atoms with Gasteiger partial charge in [-0.05, 0) is 15.9 Å². The molecule has 8 heteroatoms. The third-order valence-corrected chi connectivity index (χ3v) is 1.73. The number of pyridine rings is 1. The van der Waals surface area contributed by atoms with Gasteiger partial charge in [0.15, 0.2) is 0 Å². The van der Waals surface area contributed by atoms with Gasteiger partial charge in [0, 0.05) is 16.7 Å². The summed E-state index contributed by atoms with van der Waals surface area (Å²) in [7, 11) is 0. The minimum Gasteiger partial charge on any atom is -0.258 e. The van der Waals surface area contributed by atoms with Crippen LogP contribution in [0, 0.1) is 10.1 Å². The Morgan fingerprint density at radius 3 is 2.50 bits per heavy atom. The third-order valence-electron chi connectivity index (χ3n) is 1.30. The van der Waals surface area contributed by atoms with E-state index in [-0.39, 0.29) is 4.47 Å². The molecule has 76 valence electrons. The van der Waals surface area contributed by atoms with Crippen molar-refractivity contribution in [2.24, 2.45) is 0 Å². The van der Waals surface area contributed by atoms with Crippen molar-refractivity contribution < 1.29 is 18.1 Å². The maximum atomic E-state index is 12.2. The molecule has 0 amide bonds. The van der Waals surface area contributed by atoms with Crippen LogP contribution >= 0.6 is 15.9 Å². The molecular weight excluding hydrogens is 269 g/mol. The van der Waals surface area contributed by atoms with Gasteiger partial charge < -0.3 is 0 Å². The number of aromatic nitrogens is 1. The predicted octanol–water partition coefficient (Wildman–Crippen LogP) is 2.77. The van der Waals surface area contributed by atoms with Crippen molar-refractivity contribution in [3.05, 3.63) is 32.5 Å². The highest BCUT2D eigenvalue weighted by Crippen LogP contribution is 2.35. The molecule has 0 aromatic carbocycles. The Labute approximate surface area is 84.0 Å². The van der Waals surface area contributed by atoms with E-state index in [1.54, 1.807) is 0 Å². The fourth-order valence-corrected chi connectivity index (χ4v) is 1.11. The maximum absolute atomic E-state index is 12.2. The van der Waals surface area contributed by atoms with E-state index < -0.39 is 22.5 Å². The second-order valence-corrected chi connectivity index (χ2v) is 3.19. The lowest BCUT2D eigenvalue weighted by atomic mass is 10.3. The Bertz CT molecular complexity index is 380. The van der Waals surface area contributed by atoms with Gasteiger partial charge in [0.25, 0.3) is 0 Å². The lowest BCUT2D eigenvalue weighted by Gasteiger charge is -2.05. The molecule has 0 aliphatic carbocycles. The Hall–Kier alpha value is -1.18. The molecule has 0 saturated heterocycles. The zero-order valence-corrected chi connectivity index (χ0v) is 7.96. The van der Waals surface area contributed by atoms with Crippen molar-refractivity contribution in [2.75, 3.05) is 0 Å². The lowest BCUT2D eigenvalue weighted by Crippen LogP contribution is -2.11. The summed E-state index contributed by atoms with van der Waals surface area (Å²) in [6.07, 6.45) is -3.96. The summed E-state index contributed by atoms with van der Waals surface area (Å²) in [6.45, 7) is 0. The van der Waals surface area contributed by atoms with E-state index in [0.717, 1.165) is 12.3 Å². The topological polar surface area (TPSA) is 56.0 Å². The maximum Gasteiger partial charge on any atom is 0.440 e. The molecular formula is C6H2BrF3N2O2. The smallest absolute Gasteiger partial charge is 0.258 e. The molecule has 0 unspecified atom stereocenters. The zero-order chi connectivity index (χ0) is 10.9. The van der Waals surface area contributed by atoms with Crippen LogP contribution in [0.2, 0.25) is 0 Å². The summed E-state index contributed by atoms with van der Waals surface area (Å²) in [6, 6.07) is 0.760. The van der Waals surface area contributed by atoms with E-state index in [9.17, 15) is 23.3 Å².